The number of fused-ring (bicyclic) bond motifs is 2. The minimum Gasteiger partial charge on any atom is -0.497 e. The number of carbonyl (C=O) groups excluding carboxylic acids is 2. The quantitative estimate of drug-likeness (QED) is 0.627. The molecule has 2 amide bonds. The highest BCUT2D eigenvalue weighted by Gasteiger charge is 2.28. The normalized spacial score (nSPS) is 14.8. The fourth-order valence-electron chi connectivity index (χ4n) is 3.74. The maximum atomic E-state index is 12.9. The van der Waals surface area contributed by atoms with E-state index in [2.05, 4.69) is 10.3 Å². The van der Waals surface area contributed by atoms with E-state index >= 15 is 0 Å². The van der Waals surface area contributed by atoms with E-state index in [4.69, 9.17) is 14.2 Å². The van der Waals surface area contributed by atoms with Crippen molar-refractivity contribution in [2.75, 3.05) is 43.6 Å². The molecule has 3 heterocycles. The third-order valence-electron chi connectivity index (χ3n) is 5.31. The van der Waals surface area contributed by atoms with Crippen LogP contribution < -0.4 is 24.4 Å². The average molecular weight is 464 g/mol. The molecule has 2 aliphatic heterocycles. The third kappa shape index (κ3) is 4.27. The topological polar surface area (TPSA) is 89.5 Å². The van der Waals surface area contributed by atoms with Crippen molar-refractivity contribution in [1.29, 1.82) is 0 Å². The maximum Gasteiger partial charge on any atom is 0.249 e. The molecule has 33 heavy (non-hydrogen) atoms. The van der Waals surface area contributed by atoms with Crippen LogP contribution in [-0.2, 0) is 9.59 Å². The van der Waals surface area contributed by atoms with Crippen LogP contribution in [0.4, 0.5) is 10.7 Å². The Morgan fingerprint density at radius 3 is 2.70 bits per heavy atom. The van der Waals surface area contributed by atoms with Crippen LogP contribution in [0.3, 0.4) is 0 Å². The van der Waals surface area contributed by atoms with Crippen molar-refractivity contribution in [2.24, 2.45) is 4.99 Å². The smallest absolute Gasteiger partial charge is 0.249 e. The van der Waals surface area contributed by atoms with E-state index in [-0.39, 0.29) is 24.9 Å². The Morgan fingerprint density at radius 1 is 1.12 bits per heavy atom. The zero-order valence-electron chi connectivity index (χ0n) is 17.9. The lowest BCUT2D eigenvalue weighted by atomic mass is 10.0. The zero-order valence-corrected chi connectivity index (χ0v) is 18.7. The summed E-state index contributed by atoms with van der Waals surface area (Å²) in [6.07, 6.45) is 0. The highest BCUT2D eigenvalue weighted by molar-refractivity contribution is 7.15. The average Bonchev–Trinajstić information content (AvgIpc) is 3.27. The largest absolute Gasteiger partial charge is 0.497 e. The van der Waals surface area contributed by atoms with Gasteiger partial charge in [-0.05, 0) is 47.8 Å². The molecular weight excluding hydrogens is 442 g/mol. The van der Waals surface area contributed by atoms with Crippen molar-refractivity contribution in [3.63, 3.8) is 0 Å². The molecule has 2 aliphatic rings. The predicted octanol–water partition coefficient (Wildman–Crippen LogP) is 3.35. The molecule has 0 fully saturated rings. The number of rotatable bonds is 5. The fraction of sp³-hybridized carbons (Fsp3) is 0.208. The summed E-state index contributed by atoms with van der Waals surface area (Å²) in [5.74, 6) is 1.43. The van der Waals surface area contributed by atoms with Gasteiger partial charge in [0, 0.05) is 22.9 Å². The number of ether oxygens (including phenoxy) is 3. The summed E-state index contributed by atoms with van der Waals surface area (Å²) in [7, 11) is 1.61. The van der Waals surface area contributed by atoms with Crippen molar-refractivity contribution < 1.29 is 23.8 Å². The third-order valence-corrected chi connectivity index (χ3v) is 6.25. The van der Waals surface area contributed by atoms with Crippen LogP contribution in [0, 0.1) is 0 Å². The Balaban J connectivity index is 1.36. The van der Waals surface area contributed by atoms with E-state index in [1.165, 1.54) is 16.2 Å². The molecule has 0 unspecified atom stereocenters. The number of amides is 2. The Morgan fingerprint density at radius 2 is 1.91 bits per heavy atom. The molecule has 5 rings (SSSR count). The molecule has 168 valence electrons. The van der Waals surface area contributed by atoms with Crippen molar-refractivity contribution in [3.05, 3.63) is 65.0 Å². The molecule has 2 aromatic carbocycles. The summed E-state index contributed by atoms with van der Waals surface area (Å²) < 4.78 is 16.3. The Labute approximate surface area is 194 Å². The number of carbonyl (C=O) groups is 2. The van der Waals surface area contributed by atoms with Gasteiger partial charge in [-0.25, -0.2) is 0 Å². The second kappa shape index (κ2) is 8.95. The van der Waals surface area contributed by atoms with Crippen LogP contribution in [0.5, 0.6) is 17.2 Å². The monoisotopic (exact) mass is 463 g/mol. The molecule has 1 aromatic heterocycles. The molecule has 0 atom stereocenters. The van der Waals surface area contributed by atoms with Crippen LogP contribution in [0.1, 0.15) is 11.1 Å². The molecule has 0 aliphatic carbocycles. The standard InChI is InChI=1S/C24H21N3O5S/c1-30-17-5-2-15(3-6-17)23-18-8-11-33-24(18)27(22(29)13-25-23)14-21(28)26-16-4-7-19-20(12-16)32-10-9-31-19/h2-8,11-12H,9-10,13-14H2,1H3,(H,26,28). The fourth-order valence-corrected chi connectivity index (χ4v) is 4.66. The predicted molar refractivity (Wildman–Crippen MR) is 126 cm³/mol. The zero-order chi connectivity index (χ0) is 22.8. The number of methoxy groups -OCH3 is 1. The first kappa shape index (κ1) is 21.0. The lowest BCUT2D eigenvalue weighted by molar-refractivity contribution is -0.120. The Kier molecular flexibility index (Phi) is 5.70. The number of benzene rings is 2. The molecule has 0 radical (unpaired) electrons. The molecule has 1 N–H and O–H groups in total. The second-order valence-electron chi connectivity index (χ2n) is 7.42. The van der Waals surface area contributed by atoms with Crippen LogP contribution in [0.15, 0.2) is 58.9 Å². The van der Waals surface area contributed by atoms with Crippen molar-refractivity contribution in [1.82, 2.24) is 0 Å². The molecule has 3 aromatic rings. The van der Waals surface area contributed by atoms with E-state index in [1.807, 2.05) is 35.7 Å². The van der Waals surface area contributed by atoms with Gasteiger partial charge in [0.1, 0.15) is 37.1 Å². The van der Waals surface area contributed by atoms with Gasteiger partial charge < -0.3 is 19.5 Å². The van der Waals surface area contributed by atoms with Crippen LogP contribution >= 0.6 is 11.3 Å². The van der Waals surface area contributed by atoms with Gasteiger partial charge in [0.2, 0.25) is 11.8 Å². The van der Waals surface area contributed by atoms with Crippen LogP contribution in [0.25, 0.3) is 0 Å². The number of hydrogen-bond acceptors (Lipinski definition) is 7. The maximum absolute atomic E-state index is 12.9. The van der Waals surface area contributed by atoms with E-state index in [0.29, 0.717) is 35.4 Å². The second-order valence-corrected chi connectivity index (χ2v) is 8.31. The van der Waals surface area contributed by atoms with E-state index in [1.54, 1.807) is 25.3 Å². The number of nitrogens with one attached hydrogen (secondary N) is 1. The highest BCUT2D eigenvalue weighted by atomic mass is 32.1. The summed E-state index contributed by atoms with van der Waals surface area (Å²) in [5, 5.41) is 5.44. The lowest BCUT2D eigenvalue weighted by Crippen LogP contribution is -2.38. The van der Waals surface area contributed by atoms with Gasteiger partial charge in [-0.1, -0.05) is 0 Å². The number of aliphatic imine (C=N–C) groups is 1. The van der Waals surface area contributed by atoms with Gasteiger partial charge in [-0.15, -0.1) is 11.3 Å². The van der Waals surface area contributed by atoms with Crippen molar-refractivity contribution in [3.8, 4) is 17.2 Å². The number of nitrogens with zero attached hydrogens (tertiary/aromatic N) is 2. The minimum atomic E-state index is -0.313. The SMILES string of the molecule is COc1ccc(C2=NCC(=O)N(CC(=O)Nc3ccc4c(c3)OCCO4)c3sccc32)cc1. The Bertz CT molecular complexity index is 1240. The van der Waals surface area contributed by atoms with Gasteiger partial charge in [0.15, 0.2) is 11.5 Å². The van der Waals surface area contributed by atoms with Gasteiger partial charge in [-0.2, -0.15) is 0 Å². The molecule has 0 saturated carbocycles. The summed E-state index contributed by atoms with van der Waals surface area (Å²) in [5.41, 5.74) is 3.00. The summed E-state index contributed by atoms with van der Waals surface area (Å²) in [4.78, 5) is 31.8. The summed E-state index contributed by atoms with van der Waals surface area (Å²) in [6, 6.07) is 14.7. The van der Waals surface area contributed by atoms with Gasteiger partial charge in [-0.3, -0.25) is 19.5 Å². The molecule has 0 spiro atoms. The van der Waals surface area contributed by atoms with E-state index in [9.17, 15) is 9.59 Å². The van der Waals surface area contributed by atoms with Crippen molar-refractivity contribution in [2.45, 2.75) is 0 Å². The molecule has 0 saturated heterocycles. The molecule has 9 heteroatoms. The highest BCUT2D eigenvalue weighted by Crippen LogP contribution is 2.34. The first-order valence-electron chi connectivity index (χ1n) is 10.4. The summed E-state index contributed by atoms with van der Waals surface area (Å²) >= 11 is 1.41. The van der Waals surface area contributed by atoms with Gasteiger partial charge in [0.05, 0.1) is 12.8 Å². The van der Waals surface area contributed by atoms with E-state index in [0.717, 1.165) is 22.6 Å². The van der Waals surface area contributed by atoms with Crippen LogP contribution in [-0.4, -0.2) is 50.9 Å². The first-order valence-corrected chi connectivity index (χ1v) is 11.3. The lowest BCUT2D eigenvalue weighted by Gasteiger charge is -2.21. The number of anilines is 2. The molecule has 8 nitrogen and oxygen atoms in total. The minimum absolute atomic E-state index is 0.0416. The summed E-state index contributed by atoms with van der Waals surface area (Å²) in [6.45, 7) is 0.802. The number of thiophene rings is 1. The van der Waals surface area contributed by atoms with Crippen molar-refractivity contribution >= 4 is 39.6 Å². The Hall–Kier alpha value is -3.85. The van der Waals surface area contributed by atoms with Gasteiger partial charge >= 0.3 is 0 Å². The van der Waals surface area contributed by atoms with E-state index < -0.39 is 0 Å². The first-order chi connectivity index (χ1) is 16.1. The van der Waals surface area contributed by atoms with Gasteiger partial charge in [0.25, 0.3) is 0 Å². The molecular formula is C24H21N3O5S. The van der Waals surface area contributed by atoms with Crippen LogP contribution in [0.2, 0.25) is 0 Å². The molecule has 0 bridgehead atoms. The number of hydrogen-bond donors (Lipinski definition) is 1.